The van der Waals surface area contributed by atoms with Crippen LogP contribution in [0.1, 0.15) is 59.3 Å². The molecule has 3 rings (SSSR count). The molecule has 2 atom stereocenters. The van der Waals surface area contributed by atoms with Crippen molar-refractivity contribution in [1.82, 2.24) is 4.90 Å². The Balaban J connectivity index is 2.05. The lowest BCUT2D eigenvalue weighted by molar-refractivity contribution is -0.135. The third-order valence-corrected chi connectivity index (χ3v) is 5.84. The van der Waals surface area contributed by atoms with E-state index in [9.17, 15) is 4.79 Å². The number of nitrogens with zero attached hydrogens (tertiary/aromatic N) is 2. The number of fused-ring (bicyclic) bond motifs is 1. The van der Waals surface area contributed by atoms with Crippen LogP contribution in [0.3, 0.4) is 0 Å². The molecule has 0 aromatic carbocycles. The van der Waals surface area contributed by atoms with Crippen molar-refractivity contribution in [3.8, 4) is 0 Å². The second-order valence-corrected chi connectivity index (χ2v) is 6.84. The zero-order valence-corrected chi connectivity index (χ0v) is 14.2. The van der Waals surface area contributed by atoms with Gasteiger partial charge in [-0.15, -0.1) is 0 Å². The van der Waals surface area contributed by atoms with Crippen LogP contribution in [0.25, 0.3) is 0 Å². The third kappa shape index (κ3) is 2.32. The van der Waals surface area contributed by atoms with E-state index in [4.69, 9.17) is 4.74 Å². The van der Waals surface area contributed by atoms with E-state index < -0.39 is 0 Å². The van der Waals surface area contributed by atoms with Gasteiger partial charge in [-0.25, -0.2) is 4.79 Å². The number of likely N-dealkylation sites (tertiary alicyclic amines) is 1. The summed E-state index contributed by atoms with van der Waals surface area (Å²) in [5, 5.41) is 0. The zero-order valence-electron chi connectivity index (χ0n) is 14.2. The summed E-state index contributed by atoms with van der Waals surface area (Å²) in [5.74, 6) is 0.00641. The van der Waals surface area contributed by atoms with Crippen LogP contribution in [0.5, 0.6) is 0 Å². The smallest absolute Gasteiger partial charge is 0.353 e. The van der Waals surface area contributed by atoms with Gasteiger partial charge >= 0.3 is 5.97 Å². The van der Waals surface area contributed by atoms with Crippen LogP contribution in [0.15, 0.2) is 16.3 Å². The second kappa shape index (κ2) is 6.15. The number of esters is 1. The fourth-order valence-electron chi connectivity index (χ4n) is 4.75. The van der Waals surface area contributed by atoms with Gasteiger partial charge in [-0.05, 0) is 65.1 Å². The van der Waals surface area contributed by atoms with Gasteiger partial charge in [0.1, 0.15) is 5.71 Å². The molecular weight excluding hydrogens is 276 g/mol. The van der Waals surface area contributed by atoms with Crippen molar-refractivity contribution in [3.63, 3.8) is 0 Å². The summed E-state index contributed by atoms with van der Waals surface area (Å²) in [7, 11) is 0. The average molecular weight is 304 g/mol. The van der Waals surface area contributed by atoms with E-state index in [1.54, 1.807) is 0 Å². The number of hydrogen-bond acceptors (Lipinski definition) is 4. The molecule has 2 heterocycles. The summed E-state index contributed by atoms with van der Waals surface area (Å²) in [6.45, 7) is 8.87. The molecule has 0 N–H and O–H groups in total. The minimum atomic E-state index is -0.204. The Hall–Kier alpha value is -1.16. The molecule has 2 aliphatic heterocycles. The maximum atomic E-state index is 12.5. The van der Waals surface area contributed by atoms with Crippen molar-refractivity contribution >= 4 is 11.7 Å². The lowest BCUT2D eigenvalue weighted by atomic mass is 9.64. The highest BCUT2D eigenvalue weighted by molar-refractivity contribution is 6.38. The Kier molecular flexibility index (Phi) is 4.40. The van der Waals surface area contributed by atoms with E-state index in [1.807, 2.05) is 6.92 Å². The Labute approximate surface area is 133 Å². The molecule has 3 aliphatic rings. The fraction of sp³-hybridized carbons (Fsp3) is 0.778. The van der Waals surface area contributed by atoms with Gasteiger partial charge in [0.2, 0.25) is 0 Å². The van der Waals surface area contributed by atoms with Crippen LogP contribution in [0.4, 0.5) is 0 Å². The Morgan fingerprint density at radius 2 is 2.00 bits per heavy atom. The minimum absolute atomic E-state index is 0.0165. The van der Waals surface area contributed by atoms with Crippen LogP contribution in [-0.2, 0) is 9.53 Å². The summed E-state index contributed by atoms with van der Waals surface area (Å²) in [6, 6.07) is 0. The monoisotopic (exact) mass is 304 g/mol. The first-order valence-electron chi connectivity index (χ1n) is 8.80. The second-order valence-electron chi connectivity index (χ2n) is 6.84. The quantitative estimate of drug-likeness (QED) is 0.751. The molecule has 4 nitrogen and oxygen atoms in total. The number of carbonyl (C=O) groups excluding carboxylic acids is 1. The van der Waals surface area contributed by atoms with Crippen molar-refractivity contribution in [2.75, 3.05) is 19.7 Å². The number of carbonyl (C=O) groups is 1. The number of hydrogen-bond donors (Lipinski definition) is 0. The molecule has 0 aromatic heterocycles. The lowest BCUT2D eigenvalue weighted by Gasteiger charge is -2.53. The molecule has 1 saturated heterocycles. The molecule has 1 aliphatic carbocycles. The van der Waals surface area contributed by atoms with Gasteiger partial charge in [0.15, 0.2) is 0 Å². The van der Waals surface area contributed by atoms with E-state index in [1.165, 1.54) is 31.3 Å². The van der Waals surface area contributed by atoms with Crippen LogP contribution in [-0.4, -0.2) is 41.8 Å². The molecule has 1 saturated carbocycles. The molecule has 0 aromatic rings. The molecule has 2 fully saturated rings. The van der Waals surface area contributed by atoms with Crippen molar-refractivity contribution in [3.05, 3.63) is 11.3 Å². The zero-order chi connectivity index (χ0) is 15.7. The average Bonchev–Trinajstić information content (AvgIpc) is 3.06. The highest BCUT2D eigenvalue weighted by atomic mass is 16.5. The van der Waals surface area contributed by atoms with E-state index in [0.717, 1.165) is 31.6 Å². The van der Waals surface area contributed by atoms with E-state index in [0.29, 0.717) is 12.3 Å². The molecule has 22 heavy (non-hydrogen) atoms. The fourth-order valence-corrected chi connectivity index (χ4v) is 4.75. The number of rotatable bonds is 3. The molecule has 122 valence electrons. The molecule has 0 amide bonds. The Bertz CT molecular complexity index is 517. The normalized spacial score (nSPS) is 32.7. The van der Waals surface area contributed by atoms with Gasteiger partial charge in [0, 0.05) is 11.6 Å². The first-order valence-corrected chi connectivity index (χ1v) is 8.80. The van der Waals surface area contributed by atoms with Gasteiger partial charge < -0.3 is 4.74 Å². The molecule has 4 heteroatoms. The van der Waals surface area contributed by atoms with Crippen LogP contribution in [0.2, 0.25) is 0 Å². The lowest BCUT2D eigenvalue weighted by Crippen LogP contribution is -2.60. The van der Waals surface area contributed by atoms with Crippen LogP contribution in [0, 0.1) is 5.92 Å². The van der Waals surface area contributed by atoms with Gasteiger partial charge in [-0.3, -0.25) is 9.89 Å². The molecule has 0 spiro atoms. The first kappa shape index (κ1) is 15.7. The number of aliphatic imine (C=N–C) groups is 1. The third-order valence-electron chi connectivity index (χ3n) is 5.84. The predicted octanol–water partition coefficient (Wildman–Crippen LogP) is 3.32. The molecular formula is C18H28N2O2. The van der Waals surface area contributed by atoms with Crippen LogP contribution < -0.4 is 0 Å². The maximum absolute atomic E-state index is 12.5. The van der Waals surface area contributed by atoms with Crippen molar-refractivity contribution in [2.24, 2.45) is 10.9 Å². The van der Waals surface area contributed by atoms with E-state index >= 15 is 0 Å². The van der Waals surface area contributed by atoms with Gasteiger partial charge in [0.25, 0.3) is 0 Å². The van der Waals surface area contributed by atoms with E-state index in [2.05, 4.69) is 23.7 Å². The molecule has 2 unspecified atom stereocenters. The van der Waals surface area contributed by atoms with E-state index in [-0.39, 0.29) is 17.4 Å². The van der Waals surface area contributed by atoms with Crippen molar-refractivity contribution in [1.29, 1.82) is 0 Å². The van der Waals surface area contributed by atoms with Crippen molar-refractivity contribution in [2.45, 2.75) is 64.8 Å². The summed E-state index contributed by atoms with van der Waals surface area (Å²) >= 11 is 0. The number of ether oxygens (including phenoxy) is 1. The predicted molar refractivity (Wildman–Crippen MR) is 87.9 cm³/mol. The molecule has 0 bridgehead atoms. The van der Waals surface area contributed by atoms with Crippen LogP contribution >= 0.6 is 0 Å². The highest BCUT2D eigenvalue weighted by Gasteiger charge is 2.53. The largest absolute Gasteiger partial charge is 0.461 e. The minimum Gasteiger partial charge on any atom is -0.461 e. The SMILES string of the molecule is CCOC(=O)C1=NC(C)=C(C)C2(N3CCCC3)CCCCC12. The maximum Gasteiger partial charge on any atom is 0.353 e. The van der Waals surface area contributed by atoms with Gasteiger partial charge in [-0.1, -0.05) is 12.8 Å². The Morgan fingerprint density at radius 1 is 1.27 bits per heavy atom. The summed E-state index contributed by atoms with van der Waals surface area (Å²) in [6.07, 6.45) is 7.18. The highest BCUT2D eigenvalue weighted by Crippen LogP contribution is 2.49. The topological polar surface area (TPSA) is 41.9 Å². The first-order chi connectivity index (χ1) is 10.6. The summed E-state index contributed by atoms with van der Waals surface area (Å²) < 4.78 is 5.31. The Morgan fingerprint density at radius 3 is 2.68 bits per heavy atom. The summed E-state index contributed by atoms with van der Waals surface area (Å²) in [5.41, 5.74) is 3.10. The molecule has 0 radical (unpaired) electrons. The number of allylic oxidation sites excluding steroid dienone is 1. The van der Waals surface area contributed by atoms with Crippen molar-refractivity contribution < 1.29 is 9.53 Å². The summed E-state index contributed by atoms with van der Waals surface area (Å²) in [4.78, 5) is 19.8. The standard InChI is InChI=1S/C18H28N2O2/c1-4-22-17(21)16-15-9-5-6-10-18(15,13(2)14(3)19-16)20-11-7-8-12-20/h15H,4-12H2,1-3H3. The van der Waals surface area contributed by atoms with Gasteiger partial charge in [-0.2, -0.15) is 0 Å². The van der Waals surface area contributed by atoms with Gasteiger partial charge in [0.05, 0.1) is 12.1 Å².